The quantitative estimate of drug-likeness (QED) is 0.812. The lowest BCUT2D eigenvalue weighted by atomic mass is 10.1. The molecule has 1 saturated carbocycles. The van der Waals surface area contributed by atoms with Crippen molar-refractivity contribution in [2.75, 3.05) is 11.9 Å². The van der Waals surface area contributed by atoms with Gasteiger partial charge in [-0.15, -0.1) is 0 Å². The molecule has 0 radical (unpaired) electrons. The number of nitrogens with one attached hydrogen (secondary N) is 1. The van der Waals surface area contributed by atoms with Crippen LogP contribution in [0.5, 0.6) is 0 Å². The summed E-state index contributed by atoms with van der Waals surface area (Å²) in [5.41, 5.74) is 1.60. The average molecular weight is 338 g/mol. The standard InChI is InChI=1S/C19H22N4O2/c24-19(25-14-16-8-2-1-3-9-16)23-18-21-11-10-17(22-18)13-20-12-15-6-4-5-7-15/h1-3,8-11,13,15H,4-7,12,14H2,(H,21,22,23,24). The molecule has 1 fully saturated rings. The molecule has 25 heavy (non-hydrogen) atoms. The Balaban J connectivity index is 1.48. The largest absolute Gasteiger partial charge is 0.444 e. The number of ether oxygens (including phenoxy) is 1. The summed E-state index contributed by atoms with van der Waals surface area (Å²) in [5.74, 6) is 0.909. The van der Waals surface area contributed by atoms with Gasteiger partial charge in [0.05, 0.1) is 5.69 Å². The molecule has 1 aromatic carbocycles. The molecule has 130 valence electrons. The number of carbonyl (C=O) groups is 1. The number of aromatic nitrogens is 2. The summed E-state index contributed by atoms with van der Waals surface area (Å²) in [6, 6.07) is 11.3. The van der Waals surface area contributed by atoms with Crippen LogP contribution in [0.15, 0.2) is 47.6 Å². The third-order valence-corrected chi connectivity index (χ3v) is 4.17. The first-order valence-corrected chi connectivity index (χ1v) is 8.60. The number of rotatable bonds is 6. The van der Waals surface area contributed by atoms with Gasteiger partial charge in [0.1, 0.15) is 6.61 Å². The van der Waals surface area contributed by atoms with E-state index in [1.54, 1.807) is 18.5 Å². The number of benzene rings is 1. The second-order valence-electron chi connectivity index (χ2n) is 6.14. The van der Waals surface area contributed by atoms with E-state index in [0.717, 1.165) is 12.1 Å². The Morgan fingerprint density at radius 1 is 1.24 bits per heavy atom. The van der Waals surface area contributed by atoms with E-state index in [9.17, 15) is 4.79 Å². The topological polar surface area (TPSA) is 76.5 Å². The van der Waals surface area contributed by atoms with Gasteiger partial charge in [0.2, 0.25) is 5.95 Å². The van der Waals surface area contributed by atoms with Gasteiger partial charge in [0, 0.05) is 19.0 Å². The smallest absolute Gasteiger partial charge is 0.414 e. The fourth-order valence-electron chi connectivity index (χ4n) is 2.84. The van der Waals surface area contributed by atoms with Crippen LogP contribution < -0.4 is 5.32 Å². The number of carbonyl (C=O) groups excluding carboxylic acids is 1. The lowest BCUT2D eigenvalue weighted by molar-refractivity contribution is 0.155. The normalized spacial score (nSPS) is 14.7. The van der Waals surface area contributed by atoms with Crippen LogP contribution >= 0.6 is 0 Å². The average Bonchev–Trinajstić information content (AvgIpc) is 3.15. The summed E-state index contributed by atoms with van der Waals surface area (Å²) in [7, 11) is 0. The van der Waals surface area contributed by atoms with Crippen molar-refractivity contribution in [1.29, 1.82) is 0 Å². The third kappa shape index (κ3) is 5.67. The first-order chi connectivity index (χ1) is 12.3. The zero-order valence-electron chi connectivity index (χ0n) is 14.1. The fourth-order valence-corrected chi connectivity index (χ4v) is 2.84. The minimum absolute atomic E-state index is 0.204. The number of amides is 1. The van der Waals surface area contributed by atoms with E-state index in [2.05, 4.69) is 20.3 Å². The van der Waals surface area contributed by atoms with E-state index < -0.39 is 6.09 Å². The van der Waals surface area contributed by atoms with E-state index >= 15 is 0 Å². The number of nitrogens with zero attached hydrogens (tertiary/aromatic N) is 3. The third-order valence-electron chi connectivity index (χ3n) is 4.17. The molecular weight excluding hydrogens is 316 g/mol. The predicted octanol–water partition coefficient (Wildman–Crippen LogP) is 3.83. The molecule has 0 atom stereocenters. The van der Waals surface area contributed by atoms with Crippen molar-refractivity contribution in [3.8, 4) is 0 Å². The zero-order valence-corrected chi connectivity index (χ0v) is 14.1. The van der Waals surface area contributed by atoms with E-state index in [1.165, 1.54) is 25.7 Å². The van der Waals surface area contributed by atoms with Gasteiger partial charge in [-0.3, -0.25) is 10.3 Å². The molecule has 6 heteroatoms. The van der Waals surface area contributed by atoms with Crippen LogP contribution in [-0.2, 0) is 11.3 Å². The first-order valence-electron chi connectivity index (χ1n) is 8.60. The van der Waals surface area contributed by atoms with Crippen molar-refractivity contribution in [2.45, 2.75) is 32.3 Å². The molecule has 0 spiro atoms. The Labute approximate surface area is 147 Å². The van der Waals surface area contributed by atoms with Crippen LogP contribution in [0.25, 0.3) is 0 Å². The Bertz CT molecular complexity index is 712. The lowest BCUT2D eigenvalue weighted by Crippen LogP contribution is -2.16. The molecule has 1 amide bonds. The Kier molecular flexibility index (Phi) is 6.09. The Morgan fingerprint density at radius 2 is 2.04 bits per heavy atom. The first kappa shape index (κ1) is 17.1. The monoisotopic (exact) mass is 338 g/mol. The van der Waals surface area contributed by atoms with Crippen LogP contribution in [-0.4, -0.2) is 28.8 Å². The minimum atomic E-state index is -0.580. The highest BCUT2D eigenvalue weighted by Crippen LogP contribution is 2.24. The Morgan fingerprint density at radius 3 is 2.84 bits per heavy atom. The highest BCUT2D eigenvalue weighted by molar-refractivity contribution is 5.83. The van der Waals surface area contributed by atoms with Crippen molar-refractivity contribution in [3.63, 3.8) is 0 Å². The van der Waals surface area contributed by atoms with E-state index in [4.69, 9.17) is 4.74 Å². The summed E-state index contributed by atoms with van der Waals surface area (Å²) in [6.07, 6.45) is 7.91. The van der Waals surface area contributed by atoms with Crippen molar-refractivity contribution in [1.82, 2.24) is 9.97 Å². The molecule has 1 aliphatic carbocycles. The molecule has 1 heterocycles. The maximum Gasteiger partial charge on any atom is 0.414 e. The molecule has 1 aromatic heterocycles. The fraction of sp³-hybridized carbons (Fsp3) is 0.368. The van der Waals surface area contributed by atoms with Crippen LogP contribution in [0, 0.1) is 5.92 Å². The summed E-state index contributed by atoms with van der Waals surface area (Å²) in [5, 5.41) is 2.54. The number of anilines is 1. The highest BCUT2D eigenvalue weighted by Gasteiger charge is 2.13. The molecule has 1 N–H and O–H groups in total. The van der Waals surface area contributed by atoms with Crippen molar-refractivity contribution < 1.29 is 9.53 Å². The van der Waals surface area contributed by atoms with Gasteiger partial charge >= 0.3 is 6.09 Å². The van der Waals surface area contributed by atoms with Gasteiger partial charge in [-0.05, 0) is 30.4 Å². The Hall–Kier alpha value is -2.76. The van der Waals surface area contributed by atoms with Gasteiger partial charge < -0.3 is 4.74 Å². The SMILES string of the molecule is O=C(Nc1nccc(C=NCC2CCCC2)n1)OCc1ccccc1. The predicted molar refractivity (Wildman–Crippen MR) is 96.7 cm³/mol. The molecule has 0 saturated heterocycles. The maximum atomic E-state index is 11.8. The lowest BCUT2D eigenvalue weighted by Gasteiger charge is -2.06. The van der Waals surface area contributed by atoms with Crippen molar-refractivity contribution in [2.24, 2.45) is 10.9 Å². The molecule has 6 nitrogen and oxygen atoms in total. The second kappa shape index (κ2) is 8.92. The second-order valence-corrected chi connectivity index (χ2v) is 6.14. The van der Waals surface area contributed by atoms with Crippen LogP contribution in [0.1, 0.15) is 36.9 Å². The molecule has 1 aliphatic rings. The summed E-state index contributed by atoms with van der Waals surface area (Å²) < 4.78 is 5.16. The highest BCUT2D eigenvalue weighted by atomic mass is 16.5. The van der Waals surface area contributed by atoms with Crippen LogP contribution in [0.3, 0.4) is 0 Å². The maximum absolute atomic E-state index is 11.8. The van der Waals surface area contributed by atoms with Gasteiger partial charge in [-0.2, -0.15) is 0 Å². The summed E-state index contributed by atoms with van der Waals surface area (Å²) in [6.45, 7) is 1.04. The van der Waals surface area contributed by atoms with Crippen LogP contribution in [0.4, 0.5) is 10.7 Å². The van der Waals surface area contributed by atoms with E-state index in [-0.39, 0.29) is 12.6 Å². The molecule has 3 rings (SSSR count). The van der Waals surface area contributed by atoms with Crippen LogP contribution in [0.2, 0.25) is 0 Å². The zero-order chi connectivity index (χ0) is 17.3. The van der Waals surface area contributed by atoms with Gasteiger partial charge in [-0.1, -0.05) is 43.2 Å². The molecule has 0 unspecified atom stereocenters. The molecule has 2 aromatic rings. The summed E-state index contributed by atoms with van der Waals surface area (Å²) in [4.78, 5) is 24.6. The van der Waals surface area contributed by atoms with E-state index in [1.807, 2.05) is 30.3 Å². The minimum Gasteiger partial charge on any atom is -0.444 e. The number of hydrogen-bond acceptors (Lipinski definition) is 5. The summed E-state index contributed by atoms with van der Waals surface area (Å²) >= 11 is 0. The number of hydrogen-bond donors (Lipinski definition) is 1. The van der Waals surface area contributed by atoms with Crippen molar-refractivity contribution >= 4 is 18.3 Å². The molecular formula is C19H22N4O2. The van der Waals surface area contributed by atoms with Gasteiger partial charge in [0.15, 0.2) is 0 Å². The number of aliphatic imine (C=N–C) groups is 1. The molecule has 0 bridgehead atoms. The van der Waals surface area contributed by atoms with Crippen molar-refractivity contribution in [3.05, 3.63) is 53.9 Å². The molecule has 0 aliphatic heterocycles. The van der Waals surface area contributed by atoms with E-state index in [0.29, 0.717) is 11.6 Å². The van der Waals surface area contributed by atoms with Gasteiger partial charge in [0.25, 0.3) is 0 Å². The van der Waals surface area contributed by atoms with Gasteiger partial charge in [-0.25, -0.2) is 14.8 Å².